The molecule has 0 amide bonds. The average molecular weight is 1130 g/mol. The number of anilines is 1. The molecule has 0 saturated heterocycles. The number of nitrogens with two attached hydrogens (primary N) is 1. The van der Waals surface area contributed by atoms with Crippen molar-refractivity contribution in [2.75, 3.05) is 66.9 Å². The molecule has 0 saturated carbocycles. The van der Waals surface area contributed by atoms with Crippen LogP contribution in [0.4, 0.5) is 5.69 Å². The first-order chi connectivity index (χ1) is 37.0. The number of H-pyrrole nitrogens is 1. The first-order valence-corrected chi connectivity index (χ1v) is 24.3. The van der Waals surface area contributed by atoms with Crippen LogP contribution >= 0.6 is 15.9 Å². The fourth-order valence-corrected chi connectivity index (χ4v) is 7.10. The molecule has 0 unspecified atom stereocenters. The van der Waals surface area contributed by atoms with Crippen LogP contribution in [0.3, 0.4) is 0 Å². The normalized spacial score (nSPS) is 11.0. The maximum atomic E-state index is 12.8. The minimum absolute atomic E-state index is 0.00277. The molecule has 7 N–H and O–H groups in total. The number of carboxylic acids is 3. The summed E-state index contributed by atoms with van der Waals surface area (Å²) in [7, 11) is 9.39. The number of aromatic amines is 1. The monoisotopic (exact) mass is 1130 g/mol. The van der Waals surface area contributed by atoms with Gasteiger partial charge >= 0.3 is 17.9 Å². The van der Waals surface area contributed by atoms with Crippen LogP contribution in [-0.4, -0.2) is 110 Å². The summed E-state index contributed by atoms with van der Waals surface area (Å²) in [5.74, 6) is 3.61. The van der Waals surface area contributed by atoms with Gasteiger partial charge in [-0.25, -0.2) is 4.79 Å². The Labute approximate surface area is 451 Å². The maximum Gasteiger partial charge on any atom is 0.337 e. The molecule has 2 aliphatic heterocycles. The van der Waals surface area contributed by atoms with Gasteiger partial charge in [0.2, 0.25) is 0 Å². The van der Waals surface area contributed by atoms with Crippen molar-refractivity contribution in [1.82, 2.24) is 4.98 Å². The number of aliphatic carboxylic acids is 2. The Morgan fingerprint density at radius 1 is 0.610 bits per heavy atom. The van der Waals surface area contributed by atoms with Crippen molar-refractivity contribution in [1.29, 1.82) is 0 Å². The third-order valence-corrected chi connectivity index (χ3v) is 11.1. The molecular formula is C56H59BrN2O18. The number of hydrogen-bond donors (Lipinski definition) is 6. The van der Waals surface area contributed by atoms with E-state index in [9.17, 15) is 24.0 Å². The van der Waals surface area contributed by atoms with Crippen molar-refractivity contribution >= 4 is 56.2 Å². The number of carbonyl (C=O) groups is 4. The summed E-state index contributed by atoms with van der Waals surface area (Å²) < 4.78 is 46.4. The molecule has 0 radical (unpaired) electrons. The summed E-state index contributed by atoms with van der Waals surface area (Å²) in [5, 5.41) is 34.9. The van der Waals surface area contributed by atoms with Gasteiger partial charge in [-0.2, -0.15) is 0 Å². The predicted octanol–water partition coefficient (Wildman–Crippen LogP) is 9.55. The van der Waals surface area contributed by atoms with Crippen LogP contribution in [0.5, 0.6) is 57.5 Å². The fraction of sp³-hybridized carbons (Fsp3) is 0.232. The number of aromatic carboxylic acids is 1. The first kappa shape index (κ1) is 60.4. The van der Waals surface area contributed by atoms with E-state index in [4.69, 9.17) is 68.8 Å². The molecule has 20 nitrogen and oxygen atoms in total. The lowest BCUT2D eigenvalue weighted by atomic mass is 10.00. The lowest BCUT2D eigenvalue weighted by Crippen LogP contribution is -2.19. The lowest BCUT2D eigenvalue weighted by Gasteiger charge is -2.21. The number of ketones is 1. The van der Waals surface area contributed by atoms with Crippen molar-refractivity contribution in [3.8, 4) is 68.8 Å². The van der Waals surface area contributed by atoms with Gasteiger partial charge in [0.05, 0.1) is 96.6 Å². The van der Waals surface area contributed by atoms with E-state index in [2.05, 4.69) is 20.9 Å². The number of rotatable bonds is 13. The van der Waals surface area contributed by atoms with Gasteiger partial charge in [0.1, 0.15) is 64.1 Å². The first-order valence-electron chi connectivity index (χ1n) is 23.1. The van der Waals surface area contributed by atoms with Crippen molar-refractivity contribution in [3.05, 3.63) is 148 Å². The second-order valence-corrected chi connectivity index (χ2v) is 16.5. The SMILES string of the molecule is COc1ccc(N)c(C(=O)O)c1.COc1ccc2c(c1)OCCC2=O.COc1ccc2c(c1)OCc1c-2[nH]c2ccc(OC)cc2c1=O.COc1cccc(O)c1.COc1cccc(OCCC(=O)O)c1.O=C(O)CCBr. The molecule has 0 aliphatic carbocycles. The van der Waals surface area contributed by atoms with E-state index in [1.807, 2.05) is 30.3 Å². The van der Waals surface area contributed by atoms with E-state index in [0.717, 1.165) is 22.5 Å². The number of fused-ring (bicyclic) bond motifs is 5. The molecule has 2 aliphatic rings. The average Bonchev–Trinajstić information content (AvgIpc) is 3.43. The number of halogens is 1. The predicted molar refractivity (Wildman–Crippen MR) is 291 cm³/mol. The van der Waals surface area contributed by atoms with Gasteiger partial charge in [0.25, 0.3) is 0 Å². The number of pyridine rings is 1. The molecule has 0 atom stereocenters. The number of nitrogens with one attached hydrogen (secondary N) is 1. The van der Waals surface area contributed by atoms with E-state index in [1.54, 1.807) is 114 Å². The number of hydrogen-bond acceptors (Lipinski definition) is 16. The minimum Gasteiger partial charge on any atom is -0.508 e. The van der Waals surface area contributed by atoms with Gasteiger partial charge in [0.15, 0.2) is 11.2 Å². The molecule has 0 bridgehead atoms. The molecular weight excluding hydrogens is 1070 g/mol. The van der Waals surface area contributed by atoms with Crippen molar-refractivity contribution in [3.63, 3.8) is 0 Å². The van der Waals surface area contributed by atoms with Gasteiger partial charge in [-0.1, -0.05) is 28.1 Å². The Balaban J connectivity index is 0.000000210. The van der Waals surface area contributed by atoms with Crippen molar-refractivity contribution < 1.29 is 82.2 Å². The Morgan fingerprint density at radius 3 is 1.69 bits per heavy atom. The molecule has 3 heterocycles. The van der Waals surface area contributed by atoms with E-state index >= 15 is 0 Å². The third kappa shape index (κ3) is 18.7. The summed E-state index contributed by atoms with van der Waals surface area (Å²) in [6.45, 7) is 0.874. The molecule has 408 valence electrons. The second-order valence-electron chi connectivity index (χ2n) is 15.7. The zero-order chi connectivity index (χ0) is 56.4. The van der Waals surface area contributed by atoms with E-state index in [1.165, 1.54) is 19.2 Å². The van der Waals surface area contributed by atoms with Crippen LogP contribution in [-0.2, 0) is 16.2 Å². The number of carboxylic acid groups (broad SMARTS) is 3. The molecule has 1 aromatic heterocycles. The number of alkyl halides is 1. The highest BCUT2D eigenvalue weighted by Gasteiger charge is 2.23. The molecule has 6 aromatic carbocycles. The smallest absolute Gasteiger partial charge is 0.337 e. The zero-order valence-electron chi connectivity index (χ0n) is 43.0. The number of nitrogen functional groups attached to an aromatic ring is 1. The zero-order valence-corrected chi connectivity index (χ0v) is 44.5. The van der Waals surface area contributed by atoms with Crippen LogP contribution in [0.15, 0.2) is 126 Å². The van der Waals surface area contributed by atoms with Gasteiger partial charge in [-0.05, 0) is 84.9 Å². The van der Waals surface area contributed by atoms with E-state index < -0.39 is 17.9 Å². The topological polar surface area (TPSA) is 291 Å². The van der Waals surface area contributed by atoms with Crippen LogP contribution in [0.2, 0.25) is 0 Å². The van der Waals surface area contributed by atoms with Crippen LogP contribution in [0, 0.1) is 0 Å². The van der Waals surface area contributed by atoms with Gasteiger partial charge < -0.3 is 73.8 Å². The third-order valence-electron chi connectivity index (χ3n) is 10.7. The molecule has 21 heteroatoms. The Bertz CT molecular complexity index is 3160. The second kappa shape index (κ2) is 30.9. The van der Waals surface area contributed by atoms with E-state index in [-0.39, 0.29) is 54.3 Å². The Hall–Kier alpha value is -9.11. The van der Waals surface area contributed by atoms with Crippen LogP contribution in [0.25, 0.3) is 22.2 Å². The number of ether oxygens (including phenoxy) is 9. The number of carbonyl (C=O) groups excluding carboxylic acids is 1. The highest BCUT2D eigenvalue weighted by Crippen LogP contribution is 2.38. The van der Waals surface area contributed by atoms with Crippen LogP contribution in [0.1, 0.15) is 45.5 Å². The number of phenolic OH excluding ortho intramolecular Hbond substituents is 1. The summed E-state index contributed by atoms with van der Waals surface area (Å²) >= 11 is 2.97. The number of aromatic hydroxyl groups is 1. The van der Waals surface area contributed by atoms with Gasteiger partial charge in [0, 0.05) is 52.7 Å². The molecule has 7 aromatic rings. The summed E-state index contributed by atoms with van der Waals surface area (Å²) in [6.07, 6.45) is 0.677. The fourth-order valence-electron chi connectivity index (χ4n) is 6.76. The summed E-state index contributed by atoms with van der Waals surface area (Å²) in [6, 6.07) is 34.5. The summed E-state index contributed by atoms with van der Waals surface area (Å²) in [4.78, 5) is 57.8. The molecule has 9 rings (SSSR count). The Kier molecular flexibility index (Phi) is 24.3. The number of aromatic nitrogens is 1. The van der Waals surface area contributed by atoms with Crippen molar-refractivity contribution in [2.24, 2.45) is 0 Å². The molecule has 0 spiro atoms. The molecule has 77 heavy (non-hydrogen) atoms. The van der Waals surface area contributed by atoms with Crippen LogP contribution < -0.4 is 53.8 Å². The lowest BCUT2D eigenvalue weighted by molar-refractivity contribution is -0.138. The van der Waals surface area contributed by atoms with Gasteiger partial charge in [-0.3, -0.25) is 19.2 Å². The minimum atomic E-state index is -1.05. The maximum absolute atomic E-state index is 12.8. The van der Waals surface area contributed by atoms with Crippen molar-refractivity contribution in [2.45, 2.75) is 25.9 Å². The number of benzene rings is 6. The molecule has 0 fully saturated rings. The summed E-state index contributed by atoms with van der Waals surface area (Å²) in [5.41, 5.74) is 9.41. The highest BCUT2D eigenvalue weighted by molar-refractivity contribution is 9.09. The largest absolute Gasteiger partial charge is 0.508 e. The number of methoxy groups -OCH3 is 6. The standard InChI is InChI=1S/C18H15NO4.C10H12O4.C10H10O3.C8H9NO3.C7H8O2.C3H5BrO2/c1-21-10-4-6-15-13(7-10)18(20)14-9-23-16-8-11(22-2)3-5-12(16)17(14)19-15;1-13-8-3-2-4-9(7-8)14-6-5-10(11)12;1-12-7-2-3-8-9(11)4-5-13-10(8)6-7;1-12-5-2-3-7(9)6(4-5)8(10)11;1-9-7-4-2-3-6(8)5-7;4-2-1-3(5)6/h3-8H,9H2,1-2H3,(H,19,20);2-4,7H,5-6H2,1H3,(H,11,12);2-3,6H,4-5H2,1H3;2-4H,9H2,1H3,(H,10,11);2-5,8H,1H3;1-2H2,(H,5,6). The Morgan fingerprint density at radius 2 is 1.13 bits per heavy atom. The number of Topliss-reactive ketones (excluding diaryl/α,β-unsaturated/α-hetero) is 1. The quantitative estimate of drug-likeness (QED) is 0.0462. The highest BCUT2D eigenvalue weighted by atomic mass is 79.9. The van der Waals surface area contributed by atoms with E-state index in [0.29, 0.717) is 80.9 Å². The number of phenols is 1. The van der Waals surface area contributed by atoms with Gasteiger partial charge in [-0.15, -0.1) is 0 Å².